The van der Waals surface area contributed by atoms with Gasteiger partial charge in [-0.3, -0.25) is 10.1 Å². The summed E-state index contributed by atoms with van der Waals surface area (Å²) in [5.41, 5.74) is -0.653. The Bertz CT molecular complexity index is 375. The minimum atomic E-state index is -0.653. The molecule has 4 aliphatic carbocycles. The molecule has 1 atom stereocenters. The molecule has 1 saturated heterocycles. The van der Waals surface area contributed by atoms with Crippen molar-refractivity contribution in [3.05, 3.63) is 0 Å². The largest absolute Gasteiger partial charge is 0.480 e. The molecule has 4 heteroatoms. The Kier molecular flexibility index (Phi) is 3.08. The van der Waals surface area contributed by atoms with E-state index in [1.165, 1.54) is 6.42 Å². The van der Waals surface area contributed by atoms with Crippen LogP contribution in [0.2, 0.25) is 0 Å². The van der Waals surface area contributed by atoms with Gasteiger partial charge in [0.05, 0.1) is 6.10 Å². The van der Waals surface area contributed by atoms with E-state index in [0.717, 1.165) is 57.0 Å². The van der Waals surface area contributed by atoms with E-state index in [1.807, 2.05) is 0 Å². The van der Waals surface area contributed by atoms with E-state index in [1.54, 1.807) is 0 Å². The Morgan fingerprint density at radius 2 is 1.80 bits per heavy atom. The van der Waals surface area contributed by atoms with E-state index in [0.29, 0.717) is 18.4 Å². The van der Waals surface area contributed by atoms with Crippen molar-refractivity contribution in [1.29, 1.82) is 0 Å². The Hall–Kier alpha value is -0.610. The number of carboxylic acid groups (broad SMARTS) is 1. The topological polar surface area (TPSA) is 58.6 Å². The number of ether oxygens (including phenoxy) is 1. The van der Waals surface area contributed by atoms with Crippen LogP contribution in [-0.4, -0.2) is 35.9 Å². The predicted octanol–water partition coefficient (Wildman–Crippen LogP) is 2.03. The third kappa shape index (κ3) is 1.84. The van der Waals surface area contributed by atoms with Gasteiger partial charge in [0.1, 0.15) is 5.54 Å². The van der Waals surface area contributed by atoms with Crippen molar-refractivity contribution >= 4 is 5.97 Å². The zero-order valence-corrected chi connectivity index (χ0v) is 12.0. The van der Waals surface area contributed by atoms with Gasteiger partial charge in [0.2, 0.25) is 0 Å². The fourth-order valence-corrected chi connectivity index (χ4v) is 5.73. The highest BCUT2D eigenvalue weighted by atomic mass is 16.5. The van der Waals surface area contributed by atoms with Gasteiger partial charge in [-0.2, -0.15) is 0 Å². The van der Waals surface area contributed by atoms with Gasteiger partial charge in [-0.15, -0.1) is 0 Å². The lowest BCUT2D eigenvalue weighted by Crippen LogP contribution is -2.69. The number of aliphatic carboxylic acids is 1. The maximum absolute atomic E-state index is 12.1. The van der Waals surface area contributed by atoms with Crippen LogP contribution in [0.4, 0.5) is 0 Å². The Morgan fingerprint density at radius 1 is 1.15 bits per heavy atom. The molecule has 1 unspecified atom stereocenters. The van der Waals surface area contributed by atoms with Crippen LogP contribution in [0.25, 0.3) is 0 Å². The highest BCUT2D eigenvalue weighted by Crippen LogP contribution is 2.58. The summed E-state index contributed by atoms with van der Waals surface area (Å²) in [6, 6.07) is 0. The van der Waals surface area contributed by atoms with E-state index in [9.17, 15) is 9.90 Å². The van der Waals surface area contributed by atoms with Crippen molar-refractivity contribution in [1.82, 2.24) is 5.32 Å². The monoisotopic (exact) mass is 279 g/mol. The predicted molar refractivity (Wildman–Crippen MR) is 74.4 cm³/mol. The van der Waals surface area contributed by atoms with Crippen molar-refractivity contribution in [2.24, 2.45) is 23.7 Å². The van der Waals surface area contributed by atoms with Gasteiger partial charge in [-0.05, 0) is 68.6 Å². The highest BCUT2D eigenvalue weighted by Gasteiger charge is 2.61. The van der Waals surface area contributed by atoms with E-state index in [2.05, 4.69) is 5.32 Å². The van der Waals surface area contributed by atoms with E-state index >= 15 is 0 Å². The lowest BCUT2D eigenvalue weighted by molar-refractivity contribution is -0.165. The van der Waals surface area contributed by atoms with Crippen LogP contribution in [0, 0.1) is 23.7 Å². The van der Waals surface area contributed by atoms with E-state index < -0.39 is 11.5 Å². The van der Waals surface area contributed by atoms with Crippen LogP contribution >= 0.6 is 0 Å². The molecule has 5 rings (SSSR count). The molecule has 20 heavy (non-hydrogen) atoms. The SMILES string of the molecule is O=C(O)C1(NCC2CCCO2)C2CC3CC(C2)CC1C3. The normalized spacial score (nSPS) is 49.7. The third-order valence-electron chi connectivity index (χ3n) is 6.43. The minimum Gasteiger partial charge on any atom is -0.480 e. The molecule has 0 aromatic rings. The zero-order chi connectivity index (χ0) is 13.7. The quantitative estimate of drug-likeness (QED) is 0.827. The summed E-state index contributed by atoms with van der Waals surface area (Å²) in [6.07, 6.45) is 8.26. The summed E-state index contributed by atoms with van der Waals surface area (Å²) in [5, 5.41) is 13.5. The molecule has 1 aliphatic heterocycles. The Morgan fingerprint density at radius 3 is 2.30 bits per heavy atom. The third-order valence-corrected chi connectivity index (χ3v) is 6.43. The van der Waals surface area contributed by atoms with Gasteiger partial charge in [0.15, 0.2) is 0 Å². The van der Waals surface area contributed by atoms with Crippen LogP contribution in [-0.2, 0) is 9.53 Å². The van der Waals surface area contributed by atoms with Gasteiger partial charge >= 0.3 is 5.97 Å². The van der Waals surface area contributed by atoms with Gasteiger partial charge in [0.25, 0.3) is 0 Å². The number of carbonyl (C=O) groups is 1. The molecule has 4 bridgehead atoms. The number of rotatable bonds is 4. The van der Waals surface area contributed by atoms with Crippen molar-refractivity contribution in [2.75, 3.05) is 13.2 Å². The van der Waals surface area contributed by atoms with Gasteiger partial charge in [-0.1, -0.05) is 0 Å². The molecule has 5 fully saturated rings. The minimum absolute atomic E-state index is 0.225. The average molecular weight is 279 g/mol. The molecule has 0 spiro atoms. The summed E-state index contributed by atoms with van der Waals surface area (Å²) in [4.78, 5) is 12.1. The number of nitrogens with one attached hydrogen (secondary N) is 1. The summed E-state index contributed by atoms with van der Waals surface area (Å²) >= 11 is 0. The van der Waals surface area contributed by atoms with E-state index in [4.69, 9.17) is 4.74 Å². The molecule has 2 N–H and O–H groups in total. The second-order valence-electron chi connectivity index (χ2n) is 7.49. The fraction of sp³-hybridized carbons (Fsp3) is 0.938. The molecule has 0 radical (unpaired) electrons. The van der Waals surface area contributed by atoms with E-state index in [-0.39, 0.29) is 6.10 Å². The smallest absolute Gasteiger partial charge is 0.324 e. The maximum atomic E-state index is 12.1. The second kappa shape index (κ2) is 4.70. The first-order valence-electron chi connectivity index (χ1n) is 8.28. The first-order valence-corrected chi connectivity index (χ1v) is 8.28. The van der Waals surface area contributed by atoms with Crippen LogP contribution in [0.3, 0.4) is 0 Å². The zero-order valence-electron chi connectivity index (χ0n) is 12.0. The van der Waals surface area contributed by atoms with Crippen LogP contribution in [0.5, 0.6) is 0 Å². The van der Waals surface area contributed by atoms with Gasteiger partial charge < -0.3 is 9.84 Å². The van der Waals surface area contributed by atoms with Crippen LogP contribution in [0.15, 0.2) is 0 Å². The molecule has 4 nitrogen and oxygen atoms in total. The van der Waals surface area contributed by atoms with Gasteiger partial charge in [-0.25, -0.2) is 0 Å². The maximum Gasteiger partial charge on any atom is 0.324 e. The molecule has 4 saturated carbocycles. The van der Waals surface area contributed by atoms with Crippen molar-refractivity contribution in [3.63, 3.8) is 0 Å². The number of carboxylic acids is 1. The highest BCUT2D eigenvalue weighted by molar-refractivity contribution is 5.80. The first-order chi connectivity index (χ1) is 9.68. The molecule has 1 heterocycles. The molecule has 5 aliphatic rings. The average Bonchev–Trinajstić information content (AvgIpc) is 2.90. The lowest BCUT2D eigenvalue weighted by Gasteiger charge is -2.59. The Labute approximate surface area is 120 Å². The van der Waals surface area contributed by atoms with Crippen LogP contribution in [0.1, 0.15) is 44.9 Å². The molecular formula is C16H25NO3. The number of hydrogen-bond donors (Lipinski definition) is 2. The lowest BCUT2D eigenvalue weighted by atomic mass is 9.48. The molecule has 0 amide bonds. The van der Waals surface area contributed by atoms with Crippen LogP contribution < -0.4 is 5.32 Å². The molecule has 0 aromatic heterocycles. The van der Waals surface area contributed by atoms with Crippen molar-refractivity contribution in [3.8, 4) is 0 Å². The first kappa shape index (κ1) is 13.1. The Balaban J connectivity index is 1.55. The van der Waals surface area contributed by atoms with Crippen molar-refractivity contribution < 1.29 is 14.6 Å². The van der Waals surface area contributed by atoms with Crippen molar-refractivity contribution in [2.45, 2.75) is 56.6 Å². The summed E-state index contributed by atoms with van der Waals surface area (Å²) in [7, 11) is 0. The van der Waals surface area contributed by atoms with Gasteiger partial charge in [0, 0.05) is 13.2 Å². The molecule has 112 valence electrons. The number of hydrogen-bond acceptors (Lipinski definition) is 3. The second-order valence-corrected chi connectivity index (χ2v) is 7.49. The standard InChI is InChI=1S/C16H25NO3/c18-15(19)16(17-9-14-2-1-3-20-14)12-5-10-4-11(7-12)8-13(16)6-10/h10-14,17H,1-9H2,(H,18,19). The molecule has 0 aromatic carbocycles. The summed E-state index contributed by atoms with van der Waals surface area (Å²) in [6.45, 7) is 1.55. The molecular weight excluding hydrogens is 254 g/mol. The summed E-state index contributed by atoms with van der Waals surface area (Å²) < 4.78 is 5.67. The fourth-order valence-electron chi connectivity index (χ4n) is 5.73. The summed E-state index contributed by atoms with van der Waals surface area (Å²) in [5.74, 6) is 1.68.